The molecule has 0 unspecified atom stereocenters. The van der Waals surface area contributed by atoms with Gasteiger partial charge in [-0.1, -0.05) is 17.7 Å². The molecule has 2 aromatic heterocycles. The highest BCUT2D eigenvalue weighted by Crippen LogP contribution is 2.36. The van der Waals surface area contributed by atoms with Crippen molar-refractivity contribution in [3.63, 3.8) is 0 Å². The molecule has 0 saturated carbocycles. The van der Waals surface area contributed by atoms with Crippen LogP contribution in [0.5, 0.6) is 11.6 Å². The molecule has 5 rings (SSSR count). The number of hydrogen-bond donors (Lipinski definition) is 4. The molecule has 158 valence electrons. The van der Waals surface area contributed by atoms with Gasteiger partial charge in [-0.2, -0.15) is 0 Å². The minimum absolute atomic E-state index is 0.0547. The highest BCUT2D eigenvalue weighted by molar-refractivity contribution is 6.30. The van der Waals surface area contributed by atoms with Crippen LogP contribution in [0.25, 0.3) is 16.6 Å². The van der Waals surface area contributed by atoms with Crippen LogP contribution in [0, 0.1) is 0 Å². The molecule has 0 aliphatic carbocycles. The Bertz CT molecular complexity index is 1440. The van der Waals surface area contributed by atoms with Gasteiger partial charge in [-0.3, -0.25) is 9.78 Å². The van der Waals surface area contributed by atoms with Crippen LogP contribution in [0.2, 0.25) is 5.02 Å². The summed E-state index contributed by atoms with van der Waals surface area (Å²) < 4.78 is 6.39. The van der Waals surface area contributed by atoms with Gasteiger partial charge in [-0.15, -0.1) is 0 Å². The Morgan fingerprint density at radius 1 is 1.16 bits per heavy atom. The Balaban J connectivity index is 1.73. The fraction of sp³-hybridized carbons (Fsp3) is 0.182. The lowest BCUT2D eigenvalue weighted by Gasteiger charge is -2.25. The molecule has 4 aromatic rings. The minimum Gasteiger partial charge on any atom is -0.497 e. The normalized spacial score (nSPS) is 15.7. The van der Waals surface area contributed by atoms with Crippen LogP contribution in [0.4, 0.5) is 0 Å². The van der Waals surface area contributed by atoms with E-state index in [9.17, 15) is 14.7 Å². The summed E-state index contributed by atoms with van der Waals surface area (Å²) in [5.74, 6) is 0.303. The third-order valence-electron chi connectivity index (χ3n) is 5.63. The summed E-state index contributed by atoms with van der Waals surface area (Å²) in [4.78, 5) is 31.0. The SMILES string of the molecule is COc1ccc2[nH]c3c(c2c1)CCN[C@H]3c1c(O)n(-c2cccc(Cl)c2)c(=O)[nH]c1=O. The van der Waals surface area contributed by atoms with E-state index in [2.05, 4.69) is 15.3 Å². The molecule has 0 saturated heterocycles. The van der Waals surface area contributed by atoms with Crippen molar-refractivity contribution in [1.82, 2.24) is 19.9 Å². The van der Waals surface area contributed by atoms with E-state index in [0.29, 0.717) is 17.3 Å². The summed E-state index contributed by atoms with van der Waals surface area (Å²) >= 11 is 6.06. The number of methoxy groups -OCH3 is 1. The Morgan fingerprint density at radius 3 is 2.77 bits per heavy atom. The predicted octanol–water partition coefficient (Wildman–Crippen LogP) is 2.61. The first-order valence-corrected chi connectivity index (χ1v) is 10.1. The van der Waals surface area contributed by atoms with Crippen LogP contribution in [0.3, 0.4) is 0 Å². The fourth-order valence-corrected chi connectivity index (χ4v) is 4.42. The Kier molecular flexibility index (Phi) is 4.60. The summed E-state index contributed by atoms with van der Waals surface area (Å²) in [7, 11) is 1.61. The summed E-state index contributed by atoms with van der Waals surface area (Å²) in [6.45, 7) is 0.594. The van der Waals surface area contributed by atoms with Crippen molar-refractivity contribution >= 4 is 22.5 Å². The molecular formula is C22H19ClN4O4. The van der Waals surface area contributed by atoms with E-state index < -0.39 is 23.2 Å². The van der Waals surface area contributed by atoms with Crippen molar-refractivity contribution in [2.45, 2.75) is 12.5 Å². The van der Waals surface area contributed by atoms with Crippen LogP contribution in [-0.4, -0.2) is 33.3 Å². The predicted molar refractivity (Wildman–Crippen MR) is 118 cm³/mol. The molecule has 31 heavy (non-hydrogen) atoms. The zero-order valence-corrected chi connectivity index (χ0v) is 17.3. The topological polar surface area (TPSA) is 112 Å². The van der Waals surface area contributed by atoms with Gasteiger partial charge in [-0.25, -0.2) is 9.36 Å². The number of nitrogens with one attached hydrogen (secondary N) is 3. The van der Waals surface area contributed by atoms with E-state index in [1.807, 2.05) is 18.2 Å². The highest BCUT2D eigenvalue weighted by Gasteiger charge is 2.31. The zero-order chi connectivity index (χ0) is 21.7. The Morgan fingerprint density at radius 2 is 2.00 bits per heavy atom. The second-order valence-electron chi connectivity index (χ2n) is 7.38. The second kappa shape index (κ2) is 7.33. The number of hydrogen-bond acceptors (Lipinski definition) is 5. The maximum absolute atomic E-state index is 12.8. The molecule has 1 atom stereocenters. The third kappa shape index (κ3) is 3.11. The van der Waals surface area contributed by atoms with Crippen molar-refractivity contribution in [1.29, 1.82) is 0 Å². The molecule has 2 aromatic carbocycles. The average molecular weight is 439 g/mol. The lowest BCUT2D eigenvalue weighted by Crippen LogP contribution is -2.38. The highest BCUT2D eigenvalue weighted by atomic mass is 35.5. The van der Waals surface area contributed by atoms with Crippen molar-refractivity contribution in [2.24, 2.45) is 0 Å². The number of H-pyrrole nitrogens is 2. The van der Waals surface area contributed by atoms with Gasteiger partial charge in [0.1, 0.15) is 11.3 Å². The lowest BCUT2D eigenvalue weighted by molar-refractivity contribution is 0.409. The molecular weight excluding hydrogens is 420 g/mol. The number of benzene rings is 2. The molecule has 9 heteroatoms. The van der Waals surface area contributed by atoms with Gasteiger partial charge in [0.2, 0.25) is 5.88 Å². The molecule has 4 N–H and O–H groups in total. The molecule has 8 nitrogen and oxygen atoms in total. The first kappa shape index (κ1) is 19.5. The standard InChI is InChI=1S/C22H19ClN4O4/c1-31-13-5-6-16-15(10-13)14-7-8-24-19(18(14)25-16)17-20(28)26-22(30)27(21(17)29)12-4-2-3-11(23)9-12/h2-6,9-10,19,24-25,29H,7-8H2,1H3,(H,26,28,30)/t19-/m0/s1. The molecule has 0 radical (unpaired) electrons. The maximum Gasteiger partial charge on any atom is 0.335 e. The molecule has 3 heterocycles. The third-order valence-corrected chi connectivity index (χ3v) is 5.87. The number of ether oxygens (including phenoxy) is 1. The quantitative estimate of drug-likeness (QED) is 0.393. The first-order chi connectivity index (χ1) is 15.0. The van der Waals surface area contributed by atoms with Crippen LogP contribution in [0.1, 0.15) is 22.9 Å². The van der Waals surface area contributed by atoms with Gasteiger partial charge >= 0.3 is 5.69 Å². The molecule has 0 amide bonds. The fourth-order valence-electron chi connectivity index (χ4n) is 4.23. The maximum atomic E-state index is 12.8. The summed E-state index contributed by atoms with van der Waals surface area (Å²) in [6.07, 6.45) is 0.742. The number of aromatic hydroxyl groups is 1. The molecule has 0 bridgehead atoms. The van der Waals surface area contributed by atoms with E-state index in [1.165, 1.54) is 0 Å². The molecule has 1 aliphatic heterocycles. The lowest BCUT2D eigenvalue weighted by atomic mass is 9.95. The summed E-state index contributed by atoms with van der Waals surface area (Å²) in [6, 6.07) is 11.6. The van der Waals surface area contributed by atoms with Crippen LogP contribution in [0.15, 0.2) is 52.1 Å². The van der Waals surface area contributed by atoms with Crippen molar-refractivity contribution in [3.05, 3.63) is 85.1 Å². The van der Waals surface area contributed by atoms with E-state index in [0.717, 1.165) is 38.9 Å². The number of halogens is 1. The Hall–Kier alpha value is -3.49. The van der Waals surface area contributed by atoms with Gasteiger partial charge in [0.05, 0.1) is 18.8 Å². The van der Waals surface area contributed by atoms with Crippen molar-refractivity contribution in [2.75, 3.05) is 13.7 Å². The minimum atomic E-state index is -0.745. The van der Waals surface area contributed by atoms with Gasteiger partial charge in [0.25, 0.3) is 5.56 Å². The van der Waals surface area contributed by atoms with Crippen LogP contribution in [-0.2, 0) is 6.42 Å². The smallest absolute Gasteiger partial charge is 0.335 e. The zero-order valence-electron chi connectivity index (χ0n) is 16.5. The van der Waals surface area contributed by atoms with E-state index >= 15 is 0 Å². The van der Waals surface area contributed by atoms with Crippen LogP contribution >= 0.6 is 11.6 Å². The van der Waals surface area contributed by atoms with Crippen molar-refractivity contribution in [3.8, 4) is 17.3 Å². The average Bonchev–Trinajstić information content (AvgIpc) is 3.12. The van der Waals surface area contributed by atoms with Crippen LogP contribution < -0.4 is 21.3 Å². The number of rotatable bonds is 3. The van der Waals surface area contributed by atoms with Gasteiger partial charge in [-0.05, 0) is 48.4 Å². The summed E-state index contributed by atoms with van der Waals surface area (Å²) in [5.41, 5.74) is 1.72. The van der Waals surface area contributed by atoms with Gasteiger partial charge in [0.15, 0.2) is 0 Å². The molecule has 1 aliphatic rings. The number of aromatic amines is 2. The van der Waals surface area contributed by atoms with Gasteiger partial charge < -0.3 is 20.1 Å². The van der Waals surface area contributed by atoms with E-state index in [-0.39, 0.29) is 5.56 Å². The van der Waals surface area contributed by atoms with Crippen molar-refractivity contribution < 1.29 is 9.84 Å². The van der Waals surface area contributed by atoms with Gasteiger partial charge in [0, 0.05) is 28.2 Å². The molecule has 0 fully saturated rings. The van der Waals surface area contributed by atoms with E-state index in [4.69, 9.17) is 16.3 Å². The number of aromatic nitrogens is 3. The monoisotopic (exact) mass is 438 g/mol. The number of fused-ring (bicyclic) bond motifs is 3. The number of nitrogens with zero attached hydrogens (tertiary/aromatic N) is 1. The Labute approximate surface area is 181 Å². The first-order valence-electron chi connectivity index (χ1n) is 9.74. The molecule has 0 spiro atoms. The summed E-state index contributed by atoms with van der Waals surface area (Å²) in [5, 5.41) is 15.7. The largest absolute Gasteiger partial charge is 0.497 e. The second-order valence-corrected chi connectivity index (χ2v) is 7.81. The van der Waals surface area contributed by atoms with E-state index in [1.54, 1.807) is 31.4 Å².